The Hall–Kier alpha value is -2.28. The SMILES string of the molecule is CCOCC(C)NC(=O)Nc1cc(OC)ccc1C(=O)O. The van der Waals surface area contributed by atoms with Crippen LogP contribution in [0.15, 0.2) is 18.2 Å². The van der Waals surface area contributed by atoms with Gasteiger partial charge >= 0.3 is 12.0 Å². The van der Waals surface area contributed by atoms with Crippen molar-refractivity contribution in [3.05, 3.63) is 23.8 Å². The van der Waals surface area contributed by atoms with E-state index < -0.39 is 12.0 Å². The van der Waals surface area contributed by atoms with Crippen LogP contribution in [0.1, 0.15) is 24.2 Å². The number of urea groups is 1. The van der Waals surface area contributed by atoms with Crippen LogP contribution in [-0.2, 0) is 4.74 Å². The lowest BCUT2D eigenvalue weighted by molar-refractivity contribution is 0.0698. The molecule has 3 N–H and O–H groups in total. The molecule has 0 aliphatic rings. The van der Waals surface area contributed by atoms with Gasteiger partial charge in [0.05, 0.1) is 31.0 Å². The maximum atomic E-state index is 11.8. The average molecular weight is 296 g/mol. The van der Waals surface area contributed by atoms with E-state index in [-0.39, 0.29) is 17.3 Å². The van der Waals surface area contributed by atoms with E-state index in [1.165, 1.54) is 25.3 Å². The number of aromatic carboxylic acids is 1. The van der Waals surface area contributed by atoms with Gasteiger partial charge in [-0.3, -0.25) is 0 Å². The normalized spacial score (nSPS) is 11.6. The third-order valence-corrected chi connectivity index (χ3v) is 2.65. The molecule has 0 radical (unpaired) electrons. The standard InChI is InChI=1S/C14H20N2O5/c1-4-21-8-9(2)15-14(19)16-12-7-10(20-3)5-6-11(12)13(17)18/h5-7,9H,4,8H2,1-3H3,(H,17,18)(H2,15,16,19). The van der Waals surface area contributed by atoms with Crippen LogP contribution in [0.5, 0.6) is 5.75 Å². The molecule has 7 heteroatoms. The number of amides is 2. The van der Waals surface area contributed by atoms with Crippen LogP contribution >= 0.6 is 0 Å². The van der Waals surface area contributed by atoms with Crippen LogP contribution in [0.25, 0.3) is 0 Å². The molecule has 0 fully saturated rings. The van der Waals surface area contributed by atoms with Gasteiger partial charge in [-0.05, 0) is 26.0 Å². The van der Waals surface area contributed by atoms with Gasteiger partial charge < -0.3 is 25.2 Å². The molecule has 2 amide bonds. The van der Waals surface area contributed by atoms with Crippen molar-refractivity contribution in [2.24, 2.45) is 0 Å². The number of carbonyl (C=O) groups excluding carboxylic acids is 1. The Morgan fingerprint density at radius 3 is 2.67 bits per heavy atom. The number of nitrogens with one attached hydrogen (secondary N) is 2. The first kappa shape index (κ1) is 16.8. The van der Waals surface area contributed by atoms with Crippen molar-refractivity contribution in [2.45, 2.75) is 19.9 Å². The summed E-state index contributed by atoms with van der Waals surface area (Å²) in [6.07, 6.45) is 0. The van der Waals surface area contributed by atoms with Crippen molar-refractivity contribution in [2.75, 3.05) is 25.6 Å². The zero-order chi connectivity index (χ0) is 15.8. The van der Waals surface area contributed by atoms with Crippen LogP contribution in [-0.4, -0.2) is 43.5 Å². The molecular formula is C14H20N2O5. The van der Waals surface area contributed by atoms with E-state index in [1.54, 1.807) is 6.92 Å². The summed E-state index contributed by atoms with van der Waals surface area (Å²) in [7, 11) is 1.46. The second kappa shape index (κ2) is 8.11. The lowest BCUT2D eigenvalue weighted by atomic mass is 10.1. The number of benzene rings is 1. The Morgan fingerprint density at radius 1 is 1.38 bits per heavy atom. The van der Waals surface area contributed by atoms with Gasteiger partial charge in [0.2, 0.25) is 0 Å². The van der Waals surface area contributed by atoms with Gasteiger partial charge in [-0.1, -0.05) is 0 Å². The van der Waals surface area contributed by atoms with Gasteiger partial charge in [-0.25, -0.2) is 9.59 Å². The first-order valence-electron chi connectivity index (χ1n) is 6.54. The number of hydrogen-bond donors (Lipinski definition) is 3. The number of methoxy groups -OCH3 is 1. The molecule has 1 aromatic carbocycles. The summed E-state index contributed by atoms with van der Waals surface area (Å²) in [4.78, 5) is 23.0. The molecule has 1 unspecified atom stereocenters. The summed E-state index contributed by atoms with van der Waals surface area (Å²) >= 11 is 0. The molecule has 1 rings (SSSR count). The van der Waals surface area contributed by atoms with E-state index in [0.29, 0.717) is 19.0 Å². The van der Waals surface area contributed by atoms with Crippen molar-refractivity contribution < 1.29 is 24.2 Å². The maximum Gasteiger partial charge on any atom is 0.337 e. The van der Waals surface area contributed by atoms with E-state index in [2.05, 4.69) is 10.6 Å². The summed E-state index contributed by atoms with van der Waals surface area (Å²) in [5.41, 5.74) is 0.159. The van der Waals surface area contributed by atoms with Crippen molar-refractivity contribution in [1.29, 1.82) is 0 Å². The molecule has 0 spiro atoms. The highest BCUT2D eigenvalue weighted by Gasteiger charge is 2.14. The quantitative estimate of drug-likeness (QED) is 0.714. The van der Waals surface area contributed by atoms with Crippen LogP contribution < -0.4 is 15.4 Å². The van der Waals surface area contributed by atoms with Crippen LogP contribution in [0.2, 0.25) is 0 Å². The fraction of sp³-hybridized carbons (Fsp3) is 0.429. The second-order valence-electron chi connectivity index (χ2n) is 4.38. The molecule has 1 atom stereocenters. The van der Waals surface area contributed by atoms with Crippen molar-refractivity contribution in [3.8, 4) is 5.75 Å². The Bertz CT molecular complexity index is 504. The highest BCUT2D eigenvalue weighted by molar-refractivity contribution is 6.00. The van der Waals surface area contributed by atoms with E-state index >= 15 is 0 Å². The minimum absolute atomic E-state index is 0.0107. The second-order valence-corrected chi connectivity index (χ2v) is 4.38. The van der Waals surface area contributed by atoms with Crippen LogP contribution in [0.4, 0.5) is 10.5 Å². The summed E-state index contributed by atoms with van der Waals surface area (Å²) in [6.45, 7) is 4.60. The molecule has 0 bridgehead atoms. The molecule has 0 aliphatic carbocycles. The molecule has 0 saturated heterocycles. The van der Waals surface area contributed by atoms with Crippen molar-refractivity contribution in [3.63, 3.8) is 0 Å². The maximum absolute atomic E-state index is 11.8. The predicted octanol–water partition coefficient (Wildman–Crippen LogP) is 1.94. The number of rotatable bonds is 7. The van der Waals surface area contributed by atoms with Crippen LogP contribution in [0.3, 0.4) is 0 Å². The largest absolute Gasteiger partial charge is 0.497 e. The average Bonchev–Trinajstić information content (AvgIpc) is 2.44. The molecule has 1 aromatic rings. The highest BCUT2D eigenvalue weighted by Crippen LogP contribution is 2.22. The van der Waals surface area contributed by atoms with Crippen molar-refractivity contribution >= 4 is 17.7 Å². The van der Waals surface area contributed by atoms with Gasteiger partial charge in [0.1, 0.15) is 5.75 Å². The predicted molar refractivity (Wildman–Crippen MR) is 78.1 cm³/mol. The lowest BCUT2D eigenvalue weighted by Gasteiger charge is -2.15. The van der Waals surface area contributed by atoms with Crippen LogP contribution in [0, 0.1) is 0 Å². The molecule has 0 aromatic heterocycles. The third-order valence-electron chi connectivity index (χ3n) is 2.65. The van der Waals surface area contributed by atoms with Gasteiger partial charge in [0.15, 0.2) is 0 Å². The minimum Gasteiger partial charge on any atom is -0.497 e. The topological polar surface area (TPSA) is 96.9 Å². The number of hydrogen-bond acceptors (Lipinski definition) is 4. The summed E-state index contributed by atoms with van der Waals surface area (Å²) < 4.78 is 10.2. The van der Waals surface area contributed by atoms with E-state index in [4.69, 9.17) is 14.6 Å². The number of carboxylic acid groups (broad SMARTS) is 1. The first-order valence-corrected chi connectivity index (χ1v) is 6.54. The smallest absolute Gasteiger partial charge is 0.337 e. The number of carboxylic acids is 1. The number of anilines is 1. The first-order chi connectivity index (χ1) is 9.97. The molecule has 0 saturated carbocycles. The van der Waals surface area contributed by atoms with Gasteiger partial charge in [0, 0.05) is 12.7 Å². The number of carbonyl (C=O) groups is 2. The van der Waals surface area contributed by atoms with Crippen molar-refractivity contribution in [1.82, 2.24) is 5.32 Å². The number of ether oxygens (including phenoxy) is 2. The van der Waals surface area contributed by atoms with Gasteiger partial charge in [0.25, 0.3) is 0 Å². The molecule has 0 heterocycles. The molecule has 7 nitrogen and oxygen atoms in total. The van der Waals surface area contributed by atoms with Gasteiger partial charge in [-0.2, -0.15) is 0 Å². The Balaban J connectivity index is 2.76. The molecule has 21 heavy (non-hydrogen) atoms. The van der Waals surface area contributed by atoms with E-state index in [9.17, 15) is 9.59 Å². The lowest BCUT2D eigenvalue weighted by Crippen LogP contribution is -2.39. The monoisotopic (exact) mass is 296 g/mol. The molecule has 116 valence electrons. The fourth-order valence-corrected chi connectivity index (χ4v) is 1.66. The van der Waals surface area contributed by atoms with Gasteiger partial charge in [-0.15, -0.1) is 0 Å². The van der Waals surface area contributed by atoms with E-state index in [0.717, 1.165) is 0 Å². The highest BCUT2D eigenvalue weighted by atomic mass is 16.5. The fourth-order valence-electron chi connectivity index (χ4n) is 1.66. The summed E-state index contributed by atoms with van der Waals surface area (Å²) in [5, 5.41) is 14.3. The zero-order valence-corrected chi connectivity index (χ0v) is 12.3. The van der Waals surface area contributed by atoms with E-state index in [1.807, 2.05) is 6.92 Å². The minimum atomic E-state index is -1.13. The Kier molecular flexibility index (Phi) is 6.48. The third kappa shape index (κ3) is 5.31. The zero-order valence-electron chi connectivity index (χ0n) is 12.3. The molecular weight excluding hydrogens is 276 g/mol. The molecule has 0 aliphatic heterocycles. The summed E-state index contributed by atoms with van der Waals surface area (Å²) in [6, 6.07) is 3.66. The Labute approximate surface area is 123 Å². The summed E-state index contributed by atoms with van der Waals surface area (Å²) in [5.74, 6) is -0.673. The Morgan fingerprint density at radius 2 is 2.10 bits per heavy atom.